The van der Waals surface area contributed by atoms with Crippen LogP contribution in [0.3, 0.4) is 0 Å². The smallest absolute Gasteiger partial charge is 0.00134 e. The standard InChI is InChI=1S/C21H35N/c1-17(2)22-16-21(15-18-9-7-6-8-10-18)13-11-19(12-14-21)20(3,4)5/h6-10,17,19,22H,11-16H2,1-5H3. The van der Waals surface area contributed by atoms with Gasteiger partial charge in [0.1, 0.15) is 0 Å². The van der Waals surface area contributed by atoms with E-state index in [0.29, 0.717) is 16.9 Å². The summed E-state index contributed by atoms with van der Waals surface area (Å²) in [7, 11) is 0. The number of benzene rings is 1. The Balaban J connectivity index is 2.07. The topological polar surface area (TPSA) is 12.0 Å². The molecule has 1 aliphatic carbocycles. The molecule has 0 radical (unpaired) electrons. The minimum Gasteiger partial charge on any atom is -0.314 e. The van der Waals surface area contributed by atoms with Crippen molar-refractivity contribution in [1.29, 1.82) is 0 Å². The zero-order chi connectivity index (χ0) is 16.2. The summed E-state index contributed by atoms with van der Waals surface area (Å²) in [5.41, 5.74) is 2.42. The largest absolute Gasteiger partial charge is 0.314 e. The van der Waals surface area contributed by atoms with Crippen molar-refractivity contribution in [2.45, 2.75) is 72.8 Å². The Labute approximate surface area is 137 Å². The van der Waals surface area contributed by atoms with E-state index in [4.69, 9.17) is 0 Å². The molecular weight excluding hydrogens is 266 g/mol. The molecule has 0 amide bonds. The number of hydrogen-bond donors (Lipinski definition) is 1. The second-order valence-electron chi connectivity index (χ2n) is 8.84. The lowest BCUT2D eigenvalue weighted by molar-refractivity contribution is 0.0847. The van der Waals surface area contributed by atoms with Crippen molar-refractivity contribution >= 4 is 0 Å². The molecule has 0 heterocycles. The normalized spacial score (nSPS) is 26.4. The maximum absolute atomic E-state index is 3.73. The fourth-order valence-electron chi connectivity index (χ4n) is 3.96. The number of nitrogens with one attached hydrogen (secondary N) is 1. The van der Waals surface area contributed by atoms with E-state index < -0.39 is 0 Å². The van der Waals surface area contributed by atoms with Crippen LogP contribution in [0.2, 0.25) is 0 Å². The van der Waals surface area contributed by atoms with E-state index in [1.165, 1.54) is 37.7 Å². The van der Waals surface area contributed by atoms with Crippen molar-refractivity contribution in [3.05, 3.63) is 35.9 Å². The fourth-order valence-corrected chi connectivity index (χ4v) is 3.96. The van der Waals surface area contributed by atoms with Crippen LogP contribution < -0.4 is 5.32 Å². The van der Waals surface area contributed by atoms with Crippen LogP contribution in [0.25, 0.3) is 0 Å². The van der Waals surface area contributed by atoms with Gasteiger partial charge < -0.3 is 5.32 Å². The van der Waals surface area contributed by atoms with Gasteiger partial charge in [0, 0.05) is 12.6 Å². The van der Waals surface area contributed by atoms with E-state index in [2.05, 4.69) is 70.3 Å². The molecule has 1 heteroatoms. The van der Waals surface area contributed by atoms with E-state index >= 15 is 0 Å². The van der Waals surface area contributed by atoms with E-state index in [1.807, 2.05) is 0 Å². The zero-order valence-corrected chi connectivity index (χ0v) is 15.3. The SMILES string of the molecule is CC(C)NCC1(Cc2ccccc2)CCC(C(C)(C)C)CC1. The average molecular weight is 302 g/mol. The van der Waals surface area contributed by atoms with E-state index in [0.717, 1.165) is 12.5 Å². The average Bonchev–Trinajstić information content (AvgIpc) is 2.46. The molecule has 124 valence electrons. The third kappa shape index (κ3) is 4.84. The molecule has 0 atom stereocenters. The van der Waals surface area contributed by atoms with Gasteiger partial charge in [-0.15, -0.1) is 0 Å². The van der Waals surface area contributed by atoms with Crippen molar-refractivity contribution in [3.63, 3.8) is 0 Å². The van der Waals surface area contributed by atoms with Gasteiger partial charge in [0.15, 0.2) is 0 Å². The maximum atomic E-state index is 3.73. The number of rotatable bonds is 5. The Morgan fingerprint density at radius 2 is 1.68 bits per heavy atom. The molecule has 1 nitrogen and oxygen atoms in total. The first-order valence-electron chi connectivity index (χ1n) is 9.08. The molecule has 1 fully saturated rings. The van der Waals surface area contributed by atoms with Crippen LogP contribution in [-0.2, 0) is 6.42 Å². The first kappa shape index (κ1) is 17.5. The van der Waals surface area contributed by atoms with Gasteiger partial charge in [-0.25, -0.2) is 0 Å². The summed E-state index contributed by atoms with van der Waals surface area (Å²) in [6.45, 7) is 12.9. The Hall–Kier alpha value is -0.820. The Morgan fingerprint density at radius 3 is 2.18 bits per heavy atom. The molecule has 1 aromatic carbocycles. The molecule has 0 unspecified atom stereocenters. The van der Waals surface area contributed by atoms with Crippen LogP contribution >= 0.6 is 0 Å². The van der Waals surface area contributed by atoms with Crippen LogP contribution in [-0.4, -0.2) is 12.6 Å². The monoisotopic (exact) mass is 301 g/mol. The molecule has 1 saturated carbocycles. The Morgan fingerprint density at radius 1 is 1.09 bits per heavy atom. The van der Waals surface area contributed by atoms with Crippen molar-refractivity contribution in [2.24, 2.45) is 16.7 Å². The zero-order valence-electron chi connectivity index (χ0n) is 15.3. The lowest BCUT2D eigenvalue weighted by atomic mass is 9.62. The van der Waals surface area contributed by atoms with Gasteiger partial charge in [0.25, 0.3) is 0 Å². The van der Waals surface area contributed by atoms with E-state index in [1.54, 1.807) is 0 Å². The second kappa shape index (κ2) is 7.17. The molecule has 1 aromatic rings. The third-order valence-corrected chi connectivity index (χ3v) is 5.58. The maximum Gasteiger partial charge on any atom is 0.00134 e. The summed E-state index contributed by atoms with van der Waals surface area (Å²) < 4.78 is 0. The first-order valence-corrected chi connectivity index (χ1v) is 9.08. The number of hydrogen-bond acceptors (Lipinski definition) is 1. The Bertz CT molecular complexity index is 433. The molecule has 22 heavy (non-hydrogen) atoms. The molecule has 0 bridgehead atoms. The van der Waals surface area contributed by atoms with Crippen LogP contribution in [0.5, 0.6) is 0 Å². The molecule has 0 aromatic heterocycles. The van der Waals surface area contributed by atoms with Gasteiger partial charge in [0.05, 0.1) is 0 Å². The first-order chi connectivity index (χ1) is 10.3. The molecule has 2 rings (SSSR count). The van der Waals surface area contributed by atoms with Crippen LogP contribution in [0, 0.1) is 16.7 Å². The van der Waals surface area contributed by atoms with Gasteiger partial charge in [-0.2, -0.15) is 0 Å². The summed E-state index contributed by atoms with van der Waals surface area (Å²) in [4.78, 5) is 0. The summed E-state index contributed by atoms with van der Waals surface area (Å²) in [6.07, 6.45) is 6.73. The fraction of sp³-hybridized carbons (Fsp3) is 0.714. The highest BCUT2D eigenvalue weighted by molar-refractivity contribution is 5.17. The lowest BCUT2D eigenvalue weighted by Crippen LogP contribution is -2.43. The predicted molar refractivity (Wildman–Crippen MR) is 97.1 cm³/mol. The molecule has 0 aliphatic heterocycles. The minimum absolute atomic E-state index is 0.452. The van der Waals surface area contributed by atoms with Crippen molar-refractivity contribution in [3.8, 4) is 0 Å². The second-order valence-corrected chi connectivity index (χ2v) is 8.84. The van der Waals surface area contributed by atoms with E-state index in [-0.39, 0.29) is 0 Å². The predicted octanol–water partition coefficient (Wildman–Crippen LogP) is 5.45. The molecule has 1 aliphatic rings. The highest BCUT2D eigenvalue weighted by Crippen LogP contribution is 2.46. The van der Waals surface area contributed by atoms with Crippen molar-refractivity contribution in [1.82, 2.24) is 5.32 Å². The van der Waals surface area contributed by atoms with Gasteiger partial charge in [-0.05, 0) is 54.4 Å². The molecular formula is C21H35N. The van der Waals surface area contributed by atoms with Gasteiger partial charge in [0.2, 0.25) is 0 Å². The van der Waals surface area contributed by atoms with Gasteiger partial charge in [-0.1, -0.05) is 65.0 Å². The quantitative estimate of drug-likeness (QED) is 0.762. The van der Waals surface area contributed by atoms with Crippen molar-refractivity contribution < 1.29 is 0 Å². The highest BCUT2D eigenvalue weighted by Gasteiger charge is 2.38. The van der Waals surface area contributed by atoms with Gasteiger partial charge >= 0.3 is 0 Å². The minimum atomic E-state index is 0.452. The third-order valence-electron chi connectivity index (χ3n) is 5.58. The Kier molecular flexibility index (Phi) is 5.71. The summed E-state index contributed by atoms with van der Waals surface area (Å²) in [5, 5.41) is 3.73. The van der Waals surface area contributed by atoms with Crippen LogP contribution in [0.1, 0.15) is 65.9 Å². The van der Waals surface area contributed by atoms with Gasteiger partial charge in [-0.3, -0.25) is 0 Å². The molecule has 0 spiro atoms. The van der Waals surface area contributed by atoms with E-state index in [9.17, 15) is 0 Å². The molecule has 0 saturated heterocycles. The van der Waals surface area contributed by atoms with Crippen molar-refractivity contribution in [2.75, 3.05) is 6.54 Å². The van der Waals surface area contributed by atoms with Crippen LogP contribution in [0.15, 0.2) is 30.3 Å². The summed E-state index contributed by atoms with van der Waals surface area (Å²) in [5.74, 6) is 0.885. The summed E-state index contributed by atoms with van der Waals surface area (Å²) in [6, 6.07) is 11.7. The lowest BCUT2D eigenvalue weighted by Gasteiger charge is -2.45. The van der Waals surface area contributed by atoms with Crippen LogP contribution in [0.4, 0.5) is 0 Å². The summed E-state index contributed by atoms with van der Waals surface area (Å²) >= 11 is 0. The highest BCUT2D eigenvalue weighted by atomic mass is 14.9. The molecule has 1 N–H and O–H groups in total.